The predicted molar refractivity (Wildman–Crippen MR) is 134 cm³/mol. The van der Waals surface area contributed by atoms with Crippen molar-refractivity contribution in [3.8, 4) is 5.75 Å². The van der Waals surface area contributed by atoms with Crippen LogP contribution < -0.4 is 15.0 Å². The fourth-order valence-electron chi connectivity index (χ4n) is 4.61. The zero-order valence-corrected chi connectivity index (χ0v) is 20.9. The van der Waals surface area contributed by atoms with Gasteiger partial charge in [-0.1, -0.05) is 18.2 Å². The Morgan fingerprint density at radius 2 is 1.97 bits per heavy atom. The molecule has 1 aromatic carbocycles. The Bertz CT molecular complexity index is 1120. The van der Waals surface area contributed by atoms with Crippen LogP contribution in [0.4, 0.5) is 5.82 Å². The molecule has 33 heavy (non-hydrogen) atoms. The van der Waals surface area contributed by atoms with Gasteiger partial charge in [0.25, 0.3) is 0 Å². The van der Waals surface area contributed by atoms with Crippen LogP contribution in [0.25, 0.3) is 10.2 Å². The molecule has 1 saturated heterocycles. The molecule has 8 heteroatoms. The van der Waals surface area contributed by atoms with E-state index in [1.54, 1.807) is 24.8 Å². The van der Waals surface area contributed by atoms with E-state index in [2.05, 4.69) is 45.0 Å². The third-order valence-electron chi connectivity index (χ3n) is 6.70. The van der Waals surface area contributed by atoms with Crippen molar-refractivity contribution in [2.75, 3.05) is 45.7 Å². The van der Waals surface area contributed by atoms with E-state index in [0.29, 0.717) is 6.54 Å². The maximum absolute atomic E-state index is 13.0. The molecule has 7 nitrogen and oxygen atoms in total. The van der Waals surface area contributed by atoms with Crippen LogP contribution in [0.15, 0.2) is 30.6 Å². The molecule has 3 aromatic rings. The van der Waals surface area contributed by atoms with Gasteiger partial charge in [-0.3, -0.25) is 4.79 Å². The number of hydrogen-bond acceptors (Lipinski definition) is 7. The van der Waals surface area contributed by atoms with Gasteiger partial charge in [0.1, 0.15) is 22.7 Å². The Labute approximate surface area is 199 Å². The fourth-order valence-corrected chi connectivity index (χ4v) is 5.60. The molecule has 2 aromatic heterocycles. The minimum Gasteiger partial charge on any atom is -0.496 e. The number of hydrogen-bond donors (Lipinski definition) is 1. The first-order valence-corrected chi connectivity index (χ1v) is 12.2. The third kappa shape index (κ3) is 4.82. The molecular weight excluding hydrogens is 434 g/mol. The van der Waals surface area contributed by atoms with Crippen LogP contribution in [0.3, 0.4) is 0 Å². The molecule has 1 aliphatic rings. The molecular formula is C25H33N5O2S. The van der Waals surface area contributed by atoms with E-state index >= 15 is 0 Å². The van der Waals surface area contributed by atoms with E-state index in [1.165, 1.54) is 10.4 Å². The summed E-state index contributed by atoms with van der Waals surface area (Å²) in [7, 11) is 5.74. The van der Waals surface area contributed by atoms with Gasteiger partial charge in [-0.15, -0.1) is 11.3 Å². The number of likely N-dealkylation sites (N-methyl/N-ethyl adjacent to an activating group) is 1. The normalized spacial score (nSPS) is 15.8. The van der Waals surface area contributed by atoms with Crippen LogP contribution in [0.2, 0.25) is 0 Å². The highest BCUT2D eigenvalue weighted by atomic mass is 32.1. The largest absolute Gasteiger partial charge is 0.496 e. The summed E-state index contributed by atoms with van der Waals surface area (Å²) in [5.74, 6) is 1.99. The molecule has 1 fully saturated rings. The molecule has 0 unspecified atom stereocenters. The second-order valence-electron chi connectivity index (χ2n) is 8.89. The first-order valence-electron chi connectivity index (χ1n) is 11.4. The van der Waals surface area contributed by atoms with Crippen molar-refractivity contribution in [1.82, 2.24) is 20.2 Å². The van der Waals surface area contributed by atoms with Gasteiger partial charge in [0.2, 0.25) is 5.91 Å². The molecule has 0 spiro atoms. The minimum atomic E-state index is 0.0179. The highest BCUT2D eigenvalue weighted by Gasteiger charge is 2.28. The van der Waals surface area contributed by atoms with Crippen molar-refractivity contribution in [3.63, 3.8) is 0 Å². The summed E-state index contributed by atoms with van der Waals surface area (Å²) in [6.45, 7) is 6.47. The molecule has 3 heterocycles. The SMILES string of the molecule is COc1ccccc1[C@@H](CNC(=O)C1CCN(c2ncnc3sc(C)c(C)c23)CC1)N(C)C. The molecule has 0 aliphatic carbocycles. The monoisotopic (exact) mass is 467 g/mol. The lowest BCUT2D eigenvalue weighted by Crippen LogP contribution is -2.43. The number of ether oxygens (including phenoxy) is 1. The quantitative estimate of drug-likeness (QED) is 0.567. The number of nitrogens with one attached hydrogen (secondary N) is 1. The Balaban J connectivity index is 1.39. The maximum atomic E-state index is 13.0. The maximum Gasteiger partial charge on any atom is 0.223 e. The van der Waals surface area contributed by atoms with Gasteiger partial charge >= 0.3 is 0 Å². The summed E-state index contributed by atoms with van der Waals surface area (Å²) in [6, 6.07) is 8.04. The van der Waals surface area contributed by atoms with Gasteiger partial charge in [0, 0.05) is 36.0 Å². The number of piperidine rings is 1. The Morgan fingerprint density at radius 3 is 2.67 bits per heavy atom. The van der Waals surface area contributed by atoms with Gasteiger partial charge in [-0.25, -0.2) is 9.97 Å². The number of fused-ring (bicyclic) bond motifs is 1. The summed E-state index contributed by atoms with van der Waals surface area (Å²) in [5, 5.41) is 4.36. The molecule has 0 radical (unpaired) electrons. The number of rotatable bonds is 7. The lowest BCUT2D eigenvalue weighted by atomic mass is 9.95. The first-order chi connectivity index (χ1) is 15.9. The number of aryl methyl sites for hydroxylation is 2. The second-order valence-corrected chi connectivity index (χ2v) is 10.1. The Morgan fingerprint density at radius 1 is 1.24 bits per heavy atom. The van der Waals surface area contributed by atoms with Crippen LogP contribution in [-0.2, 0) is 4.79 Å². The number of nitrogens with zero attached hydrogens (tertiary/aromatic N) is 4. The third-order valence-corrected chi connectivity index (χ3v) is 7.82. The van der Waals surface area contributed by atoms with Crippen LogP contribution in [0.1, 0.15) is 34.9 Å². The van der Waals surface area contributed by atoms with E-state index in [9.17, 15) is 4.79 Å². The molecule has 176 valence electrons. The number of aromatic nitrogens is 2. The zero-order valence-electron chi connectivity index (χ0n) is 20.1. The summed E-state index contributed by atoms with van der Waals surface area (Å²) in [4.78, 5) is 28.8. The number of carbonyl (C=O) groups is 1. The van der Waals surface area contributed by atoms with E-state index in [-0.39, 0.29) is 17.9 Å². The lowest BCUT2D eigenvalue weighted by molar-refractivity contribution is -0.125. The molecule has 4 rings (SSSR count). The smallest absolute Gasteiger partial charge is 0.223 e. The van der Waals surface area contributed by atoms with Gasteiger partial charge in [-0.2, -0.15) is 0 Å². The summed E-state index contributed by atoms with van der Waals surface area (Å²) in [5.41, 5.74) is 2.34. The number of thiophene rings is 1. The Hall–Kier alpha value is -2.71. The molecule has 1 amide bonds. The van der Waals surface area contributed by atoms with Crippen LogP contribution in [0.5, 0.6) is 5.75 Å². The summed E-state index contributed by atoms with van der Waals surface area (Å²) < 4.78 is 5.54. The predicted octanol–water partition coefficient (Wildman–Crippen LogP) is 3.95. The van der Waals surface area contributed by atoms with Crippen molar-refractivity contribution < 1.29 is 9.53 Å². The van der Waals surface area contributed by atoms with Gasteiger partial charge in [0.15, 0.2) is 0 Å². The number of methoxy groups -OCH3 is 1. The average molecular weight is 468 g/mol. The fraction of sp³-hybridized carbons (Fsp3) is 0.480. The van der Waals surface area contributed by atoms with E-state index in [1.807, 2.05) is 32.3 Å². The molecule has 1 atom stereocenters. The van der Waals surface area contributed by atoms with E-state index < -0.39 is 0 Å². The van der Waals surface area contributed by atoms with E-state index in [4.69, 9.17) is 4.74 Å². The van der Waals surface area contributed by atoms with Gasteiger partial charge in [0.05, 0.1) is 18.5 Å². The first kappa shape index (κ1) is 23.4. The topological polar surface area (TPSA) is 70.6 Å². The van der Waals surface area contributed by atoms with Gasteiger partial charge < -0.3 is 19.9 Å². The van der Waals surface area contributed by atoms with E-state index in [0.717, 1.165) is 53.3 Å². The molecule has 0 bridgehead atoms. The number of anilines is 1. The highest BCUT2D eigenvalue weighted by molar-refractivity contribution is 7.18. The van der Waals surface area contributed by atoms with Crippen molar-refractivity contribution in [3.05, 3.63) is 46.6 Å². The molecule has 1 N–H and O–H groups in total. The zero-order chi connectivity index (χ0) is 23.5. The van der Waals surface area contributed by atoms with Crippen LogP contribution in [0, 0.1) is 19.8 Å². The standard InChI is InChI=1S/C25H33N5O2S/c1-16-17(2)33-25-22(16)23(27-15-28-25)30-12-10-18(11-13-30)24(31)26-14-20(29(3)4)19-8-6-7-9-21(19)32-5/h6-9,15,18,20H,10-14H2,1-5H3,(H,26,31)/t20-/m1/s1. The van der Waals surface area contributed by atoms with Gasteiger partial charge in [-0.05, 0) is 52.4 Å². The minimum absolute atomic E-state index is 0.0179. The highest BCUT2D eigenvalue weighted by Crippen LogP contribution is 2.35. The van der Waals surface area contributed by atoms with Crippen molar-refractivity contribution in [2.24, 2.45) is 5.92 Å². The Kier molecular flexibility index (Phi) is 7.14. The molecule has 0 saturated carbocycles. The number of benzene rings is 1. The summed E-state index contributed by atoms with van der Waals surface area (Å²) >= 11 is 1.72. The van der Waals surface area contributed by atoms with Crippen molar-refractivity contribution in [2.45, 2.75) is 32.7 Å². The number of amides is 1. The average Bonchev–Trinajstić information content (AvgIpc) is 3.12. The van der Waals surface area contributed by atoms with Crippen LogP contribution in [-0.4, -0.2) is 61.6 Å². The molecule has 1 aliphatic heterocycles. The van der Waals surface area contributed by atoms with Crippen molar-refractivity contribution >= 4 is 33.3 Å². The van der Waals surface area contributed by atoms with Crippen molar-refractivity contribution in [1.29, 1.82) is 0 Å². The summed E-state index contributed by atoms with van der Waals surface area (Å²) in [6.07, 6.45) is 3.30. The number of para-hydroxylation sites is 1. The lowest BCUT2D eigenvalue weighted by Gasteiger charge is -2.33. The number of carbonyl (C=O) groups excluding carboxylic acids is 1. The van der Waals surface area contributed by atoms with Crippen LogP contribution >= 0.6 is 11.3 Å². The second kappa shape index (κ2) is 10.1.